The summed E-state index contributed by atoms with van der Waals surface area (Å²) in [5.74, 6) is -0.717. The second-order valence-corrected chi connectivity index (χ2v) is 6.71. The topological polar surface area (TPSA) is 75.6 Å². The van der Waals surface area contributed by atoms with Crippen LogP contribution in [-0.2, 0) is 19.9 Å². The lowest BCUT2D eigenvalue weighted by Crippen LogP contribution is -2.42. The van der Waals surface area contributed by atoms with Gasteiger partial charge in [-0.05, 0) is 36.8 Å². The highest BCUT2D eigenvalue weighted by atomic mass is 16.6. The standard InChI is InChI=1S/C21H23NO4/c1-15(16-12-13-16)22-19(23)14-26-20(24)21(25,17-8-4-2-5-9-17)18-10-6-3-7-11-18/h2-11,15-16,25H,12-14H2,1H3,(H,22,23)/t15-/m1/s1. The molecule has 2 aromatic carbocycles. The maximum atomic E-state index is 12.8. The summed E-state index contributed by atoms with van der Waals surface area (Å²) in [7, 11) is 0. The SMILES string of the molecule is C[C@@H](NC(=O)COC(=O)C(O)(c1ccccc1)c1ccccc1)C1CC1. The predicted octanol–water partition coefficient (Wildman–Crippen LogP) is 2.38. The molecule has 0 aliphatic heterocycles. The lowest BCUT2D eigenvalue weighted by atomic mass is 9.86. The largest absolute Gasteiger partial charge is 0.453 e. The number of nitrogens with one attached hydrogen (secondary N) is 1. The van der Waals surface area contributed by atoms with Crippen LogP contribution in [0, 0.1) is 5.92 Å². The van der Waals surface area contributed by atoms with Crippen LogP contribution in [-0.4, -0.2) is 29.6 Å². The molecule has 2 N–H and O–H groups in total. The van der Waals surface area contributed by atoms with Crippen molar-refractivity contribution in [3.8, 4) is 0 Å². The van der Waals surface area contributed by atoms with E-state index in [2.05, 4.69) is 5.32 Å². The number of amides is 1. The Bertz CT molecular complexity index is 717. The Morgan fingerprint density at radius 3 is 2.04 bits per heavy atom. The summed E-state index contributed by atoms with van der Waals surface area (Å²) < 4.78 is 5.18. The van der Waals surface area contributed by atoms with Crippen LogP contribution in [0.25, 0.3) is 0 Å². The highest BCUT2D eigenvalue weighted by Crippen LogP contribution is 2.32. The second-order valence-electron chi connectivity index (χ2n) is 6.71. The summed E-state index contributed by atoms with van der Waals surface area (Å²) in [6.07, 6.45) is 2.23. The minimum atomic E-state index is -1.97. The van der Waals surface area contributed by atoms with Crippen LogP contribution >= 0.6 is 0 Å². The van der Waals surface area contributed by atoms with Crippen molar-refractivity contribution in [1.29, 1.82) is 0 Å². The number of hydrogen-bond donors (Lipinski definition) is 2. The van der Waals surface area contributed by atoms with E-state index in [0.717, 1.165) is 12.8 Å². The van der Waals surface area contributed by atoms with Gasteiger partial charge in [0.05, 0.1) is 0 Å². The van der Waals surface area contributed by atoms with Gasteiger partial charge in [0.2, 0.25) is 5.60 Å². The second kappa shape index (κ2) is 7.70. The Hall–Kier alpha value is -2.66. The van der Waals surface area contributed by atoms with Crippen molar-refractivity contribution in [2.24, 2.45) is 5.92 Å². The van der Waals surface area contributed by atoms with Crippen molar-refractivity contribution in [2.75, 3.05) is 6.61 Å². The molecule has 1 saturated carbocycles. The number of rotatable bonds is 7. The van der Waals surface area contributed by atoms with E-state index in [1.54, 1.807) is 60.7 Å². The van der Waals surface area contributed by atoms with E-state index in [9.17, 15) is 14.7 Å². The van der Waals surface area contributed by atoms with Crippen LogP contribution < -0.4 is 5.32 Å². The smallest absolute Gasteiger partial charge is 0.348 e. The van der Waals surface area contributed by atoms with E-state index in [0.29, 0.717) is 17.0 Å². The monoisotopic (exact) mass is 353 g/mol. The molecule has 136 valence electrons. The summed E-state index contributed by atoms with van der Waals surface area (Å²) in [4.78, 5) is 24.8. The number of esters is 1. The molecule has 0 bridgehead atoms. The Balaban J connectivity index is 1.74. The lowest BCUT2D eigenvalue weighted by molar-refractivity contribution is -0.164. The molecule has 1 aliphatic rings. The molecule has 0 heterocycles. The molecule has 3 rings (SSSR count). The van der Waals surface area contributed by atoms with Gasteiger partial charge in [-0.15, -0.1) is 0 Å². The van der Waals surface area contributed by atoms with Gasteiger partial charge < -0.3 is 15.2 Å². The summed E-state index contributed by atoms with van der Waals surface area (Å²) in [5.41, 5.74) is -1.18. The molecule has 5 nitrogen and oxygen atoms in total. The van der Waals surface area contributed by atoms with Crippen molar-refractivity contribution >= 4 is 11.9 Å². The number of ether oxygens (including phenoxy) is 1. The van der Waals surface area contributed by atoms with Crippen LogP contribution in [0.4, 0.5) is 0 Å². The van der Waals surface area contributed by atoms with Crippen molar-refractivity contribution in [2.45, 2.75) is 31.4 Å². The molecule has 5 heteroatoms. The molecule has 1 fully saturated rings. The average molecular weight is 353 g/mol. The first-order valence-corrected chi connectivity index (χ1v) is 8.82. The molecular formula is C21H23NO4. The van der Waals surface area contributed by atoms with Crippen LogP contribution in [0.3, 0.4) is 0 Å². The molecule has 0 spiro atoms. The first-order chi connectivity index (χ1) is 12.5. The highest BCUT2D eigenvalue weighted by molar-refractivity contribution is 5.88. The summed E-state index contributed by atoms with van der Waals surface area (Å²) in [5, 5.41) is 14.0. The summed E-state index contributed by atoms with van der Waals surface area (Å²) in [6, 6.07) is 17.2. The van der Waals surface area contributed by atoms with Gasteiger partial charge in [0.1, 0.15) is 0 Å². The maximum Gasteiger partial charge on any atom is 0.348 e. The van der Waals surface area contributed by atoms with Crippen molar-refractivity contribution < 1.29 is 19.4 Å². The fourth-order valence-corrected chi connectivity index (χ4v) is 3.01. The van der Waals surface area contributed by atoms with Gasteiger partial charge >= 0.3 is 5.97 Å². The zero-order valence-electron chi connectivity index (χ0n) is 14.7. The molecule has 1 aliphatic carbocycles. The molecule has 1 amide bonds. The Morgan fingerprint density at radius 1 is 1.08 bits per heavy atom. The van der Waals surface area contributed by atoms with E-state index in [4.69, 9.17) is 4.74 Å². The Morgan fingerprint density at radius 2 is 1.58 bits per heavy atom. The van der Waals surface area contributed by atoms with Crippen LogP contribution in [0.15, 0.2) is 60.7 Å². The van der Waals surface area contributed by atoms with Gasteiger partial charge in [-0.2, -0.15) is 0 Å². The number of benzene rings is 2. The van der Waals surface area contributed by atoms with Crippen LogP contribution in [0.2, 0.25) is 0 Å². The van der Waals surface area contributed by atoms with Gasteiger partial charge in [-0.1, -0.05) is 60.7 Å². The van der Waals surface area contributed by atoms with Gasteiger partial charge in [0.25, 0.3) is 5.91 Å². The quantitative estimate of drug-likeness (QED) is 0.750. The van der Waals surface area contributed by atoms with Gasteiger partial charge in [0.15, 0.2) is 6.61 Å². The average Bonchev–Trinajstić information content (AvgIpc) is 3.52. The molecule has 0 unspecified atom stereocenters. The zero-order chi connectivity index (χ0) is 18.6. The number of carbonyl (C=O) groups is 2. The Labute approximate surface area is 153 Å². The summed E-state index contributed by atoms with van der Waals surface area (Å²) in [6.45, 7) is 1.53. The molecule has 0 radical (unpaired) electrons. The van der Waals surface area contributed by atoms with E-state index in [-0.39, 0.29) is 11.9 Å². The van der Waals surface area contributed by atoms with Crippen molar-refractivity contribution in [3.63, 3.8) is 0 Å². The molecule has 0 aromatic heterocycles. The van der Waals surface area contributed by atoms with Gasteiger partial charge in [0, 0.05) is 6.04 Å². The number of carbonyl (C=O) groups excluding carboxylic acids is 2. The molecule has 2 aromatic rings. The van der Waals surface area contributed by atoms with Crippen LogP contribution in [0.5, 0.6) is 0 Å². The third-order valence-corrected chi connectivity index (χ3v) is 4.73. The van der Waals surface area contributed by atoms with Gasteiger partial charge in [-0.25, -0.2) is 4.79 Å². The van der Waals surface area contributed by atoms with Crippen LogP contribution in [0.1, 0.15) is 30.9 Å². The predicted molar refractivity (Wildman–Crippen MR) is 97.2 cm³/mol. The summed E-state index contributed by atoms with van der Waals surface area (Å²) >= 11 is 0. The van der Waals surface area contributed by atoms with Gasteiger partial charge in [-0.3, -0.25) is 4.79 Å². The van der Waals surface area contributed by atoms with E-state index in [1.165, 1.54) is 0 Å². The third kappa shape index (κ3) is 3.94. The van der Waals surface area contributed by atoms with E-state index in [1.807, 2.05) is 6.92 Å². The number of aliphatic hydroxyl groups is 1. The van der Waals surface area contributed by atoms with E-state index < -0.39 is 18.2 Å². The van der Waals surface area contributed by atoms with Crippen molar-refractivity contribution in [1.82, 2.24) is 5.32 Å². The minimum Gasteiger partial charge on any atom is -0.453 e. The first-order valence-electron chi connectivity index (χ1n) is 8.82. The zero-order valence-corrected chi connectivity index (χ0v) is 14.7. The lowest BCUT2D eigenvalue weighted by Gasteiger charge is -2.27. The van der Waals surface area contributed by atoms with Crippen molar-refractivity contribution in [3.05, 3.63) is 71.8 Å². The third-order valence-electron chi connectivity index (χ3n) is 4.73. The molecular weight excluding hydrogens is 330 g/mol. The van der Waals surface area contributed by atoms with E-state index >= 15 is 0 Å². The molecule has 1 atom stereocenters. The molecule has 0 saturated heterocycles. The molecule has 26 heavy (non-hydrogen) atoms. The first kappa shape index (κ1) is 18.1. The number of hydrogen-bond acceptors (Lipinski definition) is 4. The normalized spacial score (nSPS) is 15.2. The fraction of sp³-hybridized carbons (Fsp3) is 0.333. The minimum absolute atomic E-state index is 0.0725. The maximum absolute atomic E-state index is 12.8. The fourth-order valence-electron chi connectivity index (χ4n) is 3.01. The highest BCUT2D eigenvalue weighted by Gasteiger charge is 2.42. The Kier molecular flexibility index (Phi) is 5.38.